The topological polar surface area (TPSA) is 72.9 Å². The van der Waals surface area contributed by atoms with Crippen molar-refractivity contribution in [2.75, 3.05) is 18.4 Å². The standard InChI is InChI=1S/C17H18N4OS/c1-2-10-21-16(22)14-13(12-6-4-3-5-7-12)11-23-15(14)20-17(21)19-9-8-18/h2-7,11H,1,8-10,18H2,(H,19,20). The zero-order chi connectivity index (χ0) is 16.2. The molecule has 0 aliphatic carbocycles. The van der Waals surface area contributed by atoms with Crippen molar-refractivity contribution in [3.63, 3.8) is 0 Å². The van der Waals surface area contributed by atoms with Gasteiger partial charge in [-0.1, -0.05) is 36.4 Å². The lowest BCUT2D eigenvalue weighted by molar-refractivity contribution is 0.770. The number of nitrogens with two attached hydrogens (primary N) is 1. The maximum Gasteiger partial charge on any atom is 0.264 e. The third-order valence-corrected chi connectivity index (χ3v) is 4.39. The van der Waals surface area contributed by atoms with Crippen LogP contribution < -0.4 is 16.6 Å². The number of allylic oxidation sites excluding steroid dienone is 1. The minimum Gasteiger partial charge on any atom is -0.354 e. The minimum absolute atomic E-state index is 0.0606. The predicted molar refractivity (Wildman–Crippen MR) is 97.1 cm³/mol. The summed E-state index contributed by atoms with van der Waals surface area (Å²) in [5.74, 6) is 0.536. The van der Waals surface area contributed by atoms with Crippen molar-refractivity contribution in [1.29, 1.82) is 0 Å². The van der Waals surface area contributed by atoms with Gasteiger partial charge in [0.25, 0.3) is 5.56 Å². The monoisotopic (exact) mass is 326 g/mol. The van der Waals surface area contributed by atoms with Crippen LogP contribution in [0.15, 0.2) is 53.2 Å². The molecule has 0 bridgehead atoms. The van der Waals surface area contributed by atoms with Gasteiger partial charge in [-0.05, 0) is 5.56 Å². The van der Waals surface area contributed by atoms with E-state index >= 15 is 0 Å². The molecular weight excluding hydrogens is 308 g/mol. The molecule has 118 valence electrons. The summed E-state index contributed by atoms with van der Waals surface area (Å²) >= 11 is 1.48. The van der Waals surface area contributed by atoms with Crippen molar-refractivity contribution in [2.45, 2.75) is 6.54 Å². The van der Waals surface area contributed by atoms with Crippen molar-refractivity contribution < 1.29 is 0 Å². The van der Waals surface area contributed by atoms with E-state index in [-0.39, 0.29) is 5.56 Å². The minimum atomic E-state index is -0.0606. The second-order valence-corrected chi connectivity index (χ2v) is 5.91. The highest BCUT2D eigenvalue weighted by atomic mass is 32.1. The van der Waals surface area contributed by atoms with Gasteiger partial charge in [0.2, 0.25) is 5.95 Å². The van der Waals surface area contributed by atoms with Crippen LogP contribution in [0.25, 0.3) is 21.3 Å². The van der Waals surface area contributed by atoms with E-state index in [1.54, 1.807) is 10.6 Å². The predicted octanol–water partition coefficient (Wildman–Crippen LogP) is 2.68. The molecule has 0 unspecified atom stereocenters. The smallest absolute Gasteiger partial charge is 0.264 e. The number of anilines is 1. The fourth-order valence-electron chi connectivity index (χ4n) is 2.47. The van der Waals surface area contributed by atoms with E-state index in [9.17, 15) is 4.79 Å². The summed E-state index contributed by atoms with van der Waals surface area (Å²) in [4.78, 5) is 18.3. The normalized spacial score (nSPS) is 10.8. The molecule has 3 aromatic rings. The van der Waals surface area contributed by atoms with E-state index in [4.69, 9.17) is 5.73 Å². The van der Waals surface area contributed by atoms with Crippen LogP contribution in [0.4, 0.5) is 5.95 Å². The molecule has 0 aliphatic heterocycles. The molecule has 0 aliphatic rings. The second kappa shape index (κ2) is 6.76. The van der Waals surface area contributed by atoms with Crippen LogP contribution in [0.5, 0.6) is 0 Å². The summed E-state index contributed by atoms with van der Waals surface area (Å²) in [5, 5.41) is 5.75. The van der Waals surface area contributed by atoms with E-state index < -0.39 is 0 Å². The first-order valence-corrected chi connectivity index (χ1v) is 8.26. The van der Waals surface area contributed by atoms with Crippen molar-refractivity contribution in [3.8, 4) is 11.1 Å². The van der Waals surface area contributed by atoms with Crippen LogP contribution in [-0.4, -0.2) is 22.6 Å². The van der Waals surface area contributed by atoms with E-state index in [2.05, 4.69) is 16.9 Å². The Bertz CT molecular complexity index is 883. The molecular formula is C17H18N4OS. The number of hydrogen-bond donors (Lipinski definition) is 2. The van der Waals surface area contributed by atoms with Crippen LogP contribution in [0.1, 0.15) is 0 Å². The van der Waals surface area contributed by atoms with E-state index in [0.29, 0.717) is 31.0 Å². The summed E-state index contributed by atoms with van der Waals surface area (Å²) in [6.45, 7) is 5.17. The highest BCUT2D eigenvalue weighted by Gasteiger charge is 2.16. The molecule has 23 heavy (non-hydrogen) atoms. The zero-order valence-corrected chi connectivity index (χ0v) is 13.5. The summed E-state index contributed by atoms with van der Waals surface area (Å²) in [7, 11) is 0. The van der Waals surface area contributed by atoms with Gasteiger partial charge in [-0.15, -0.1) is 17.9 Å². The maximum absolute atomic E-state index is 13.0. The molecule has 0 atom stereocenters. The maximum atomic E-state index is 13.0. The molecule has 0 amide bonds. The lowest BCUT2D eigenvalue weighted by Crippen LogP contribution is -2.26. The van der Waals surface area contributed by atoms with Crippen molar-refractivity contribution in [1.82, 2.24) is 9.55 Å². The molecule has 0 fully saturated rings. The highest BCUT2D eigenvalue weighted by molar-refractivity contribution is 7.17. The Morgan fingerprint density at radius 2 is 2.13 bits per heavy atom. The van der Waals surface area contributed by atoms with Gasteiger partial charge < -0.3 is 11.1 Å². The Morgan fingerprint density at radius 1 is 1.35 bits per heavy atom. The Hall–Kier alpha value is -2.44. The van der Waals surface area contributed by atoms with Gasteiger partial charge >= 0.3 is 0 Å². The summed E-state index contributed by atoms with van der Waals surface area (Å²) in [6, 6.07) is 9.89. The average molecular weight is 326 g/mol. The molecule has 3 N–H and O–H groups in total. The van der Waals surface area contributed by atoms with Gasteiger partial charge in [0.05, 0.1) is 5.39 Å². The lowest BCUT2D eigenvalue weighted by atomic mass is 10.1. The molecule has 2 aromatic heterocycles. The number of aromatic nitrogens is 2. The summed E-state index contributed by atoms with van der Waals surface area (Å²) in [5.41, 5.74) is 7.42. The number of benzene rings is 1. The van der Waals surface area contributed by atoms with Gasteiger partial charge in [-0.2, -0.15) is 0 Å². The largest absolute Gasteiger partial charge is 0.354 e. The van der Waals surface area contributed by atoms with Gasteiger partial charge in [-0.25, -0.2) is 4.98 Å². The van der Waals surface area contributed by atoms with Crippen LogP contribution in [-0.2, 0) is 6.54 Å². The molecule has 0 radical (unpaired) electrons. The molecule has 0 spiro atoms. The molecule has 2 heterocycles. The fourth-order valence-corrected chi connectivity index (χ4v) is 3.41. The van der Waals surface area contributed by atoms with Crippen molar-refractivity contribution in [2.24, 2.45) is 5.73 Å². The van der Waals surface area contributed by atoms with Gasteiger partial charge in [0, 0.05) is 30.6 Å². The third kappa shape index (κ3) is 2.91. The number of rotatable bonds is 6. The molecule has 0 saturated heterocycles. The number of thiophene rings is 1. The number of nitrogens with zero attached hydrogens (tertiary/aromatic N) is 2. The Labute approximate surface area is 138 Å². The number of nitrogens with one attached hydrogen (secondary N) is 1. The van der Waals surface area contributed by atoms with E-state index in [1.165, 1.54) is 11.3 Å². The van der Waals surface area contributed by atoms with Crippen LogP contribution in [0.2, 0.25) is 0 Å². The van der Waals surface area contributed by atoms with Crippen molar-refractivity contribution >= 4 is 27.5 Å². The first kappa shape index (κ1) is 15.5. The van der Waals surface area contributed by atoms with Gasteiger partial charge in [-0.3, -0.25) is 9.36 Å². The van der Waals surface area contributed by atoms with Crippen molar-refractivity contribution in [3.05, 3.63) is 58.7 Å². The lowest BCUT2D eigenvalue weighted by Gasteiger charge is -2.12. The Balaban J connectivity index is 2.23. The molecule has 3 rings (SSSR count). The molecule has 5 nitrogen and oxygen atoms in total. The Kier molecular flexibility index (Phi) is 4.55. The van der Waals surface area contributed by atoms with E-state index in [0.717, 1.165) is 16.0 Å². The number of hydrogen-bond acceptors (Lipinski definition) is 5. The van der Waals surface area contributed by atoms with Crippen LogP contribution >= 0.6 is 11.3 Å². The van der Waals surface area contributed by atoms with Gasteiger partial charge in [0.1, 0.15) is 4.83 Å². The first-order chi connectivity index (χ1) is 11.3. The highest BCUT2D eigenvalue weighted by Crippen LogP contribution is 2.31. The number of fused-ring (bicyclic) bond motifs is 1. The van der Waals surface area contributed by atoms with E-state index in [1.807, 2.05) is 35.7 Å². The molecule has 0 saturated carbocycles. The average Bonchev–Trinajstić information content (AvgIpc) is 3.01. The van der Waals surface area contributed by atoms with Crippen LogP contribution in [0.3, 0.4) is 0 Å². The molecule has 1 aromatic carbocycles. The fraction of sp³-hybridized carbons (Fsp3) is 0.176. The molecule has 6 heteroatoms. The SMILES string of the molecule is C=CCn1c(NCCN)nc2scc(-c3ccccc3)c2c1=O. The van der Waals surface area contributed by atoms with Gasteiger partial charge in [0.15, 0.2) is 0 Å². The third-order valence-electron chi connectivity index (χ3n) is 3.52. The second-order valence-electron chi connectivity index (χ2n) is 5.05. The summed E-state index contributed by atoms with van der Waals surface area (Å²) < 4.78 is 1.60. The first-order valence-electron chi connectivity index (χ1n) is 7.38. The quantitative estimate of drug-likeness (QED) is 0.683. The zero-order valence-electron chi connectivity index (χ0n) is 12.7. The Morgan fingerprint density at radius 3 is 2.83 bits per heavy atom. The summed E-state index contributed by atoms with van der Waals surface area (Å²) in [6.07, 6.45) is 1.69. The van der Waals surface area contributed by atoms with Crippen LogP contribution in [0, 0.1) is 0 Å².